The fourth-order valence-corrected chi connectivity index (χ4v) is 3.73. The Morgan fingerprint density at radius 3 is 2.95 bits per heavy atom. The molecule has 0 atom stereocenters. The Bertz CT molecular complexity index is 809. The molecule has 0 radical (unpaired) electrons. The van der Waals surface area contributed by atoms with Gasteiger partial charge in [-0.15, -0.1) is 11.3 Å². The van der Waals surface area contributed by atoms with Crippen LogP contribution in [0.3, 0.4) is 0 Å². The number of rotatable bonds is 5. The van der Waals surface area contributed by atoms with Crippen molar-refractivity contribution in [3.63, 3.8) is 0 Å². The highest BCUT2D eigenvalue weighted by atomic mass is 32.2. The van der Waals surface area contributed by atoms with Gasteiger partial charge in [0.25, 0.3) is 0 Å². The molecule has 0 aliphatic rings. The SMILES string of the molecule is CCn1c(SCC(=O)Nc2ncc(C)s2)nc2ccccc21. The number of hydrogen-bond donors (Lipinski definition) is 1. The first-order chi connectivity index (χ1) is 10.7. The first-order valence-corrected chi connectivity index (χ1v) is 8.78. The van der Waals surface area contributed by atoms with Crippen LogP contribution >= 0.6 is 23.1 Å². The zero-order valence-corrected chi connectivity index (χ0v) is 14.0. The predicted octanol–water partition coefficient (Wildman–Crippen LogP) is 3.55. The number of carbonyl (C=O) groups excluding carboxylic acids is 1. The van der Waals surface area contributed by atoms with Crippen LogP contribution < -0.4 is 5.32 Å². The van der Waals surface area contributed by atoms with Crippen molar-refractivity contribution in [3.05, 3.63) is 35.3 Å². The Hall–Kier alpha value is -1.86. The topological polar surface area (TPSA) is 59.8 Å². The van der Waals surface area contributed by atoms with Crippen LogP contribution in [0.4, 0.5) is 5.13 Å². The molecule has 2 aromatic heterocycles. The lowest BCUT2D eigenvalue weighted by Gasteiger charge is -2.05. The van der Waals surface area contributed by atoms with Gasteiger partial charge in [0.15, 0.2) is 10.3 Å². The van der Waals surface area contributed by atoms with Gasteiger partial charge in [-0.25, -0.2) is 9.97 Å². The van der Waals surface area contributed by atoms with E-state index < -0.39 is 0 Å². The highest BCUT2D eigenvalue weighted by Crippen LogP contribution is 2.24. The van der Waals surface area contributed by atoms with Crippen molar-refractivity contribution >= 4 is 45.2 Å². The van der Waals surface area contributed by atoms with E-state index in [-0.39, 0.29) is 5.91 Å². The zero-order valence-electron chi connectivity index (χ0n) is 12.4. The number of benzene rings is 1. The molecule has 0 fully saturated rings. The maximum absolute atomic E-state index is 12.0. The second kappa shape index (κ2) is 6.50. The first kappa shape index (κ1) is 15.1. The van der Waals surface area contributed by atoms with Gasteiger partial charge < -0.3 is 9.88 Å². The van der Waals surface area contributed by atoms with Crippen molar-refractivity contribution in [1.29, 1.82) is 0 Å². The minimum absolute atomic E-state index is 0.0611. The fourth-order valence-electron chi connectivity index (χ4n) is 2.17. The van der Waals surface area contributed by atoms with Crippen LogP contribution in [0, 0.1) is 6.92 Å². The minimum atomic E-state index is -0.0611. The van der Waals surface area contributed by atoms with Gasteiger partial charge in [-0.3, -0.25) is 4.79 Å². The lowest BCUT2D eigenvalue weighted by Crippen LogP contribution is -2.14. The van der Waals surface area contributed by atoms with Crippen LogP contribution in [-0.2, 0) is 11.3 Å². The lowest BCUT2D eigenvalue weighted by atomic mass is 10.3. The molecule has 0 bridgehead atoms. The van der Waals surface area contributed by atoms with Crippen molar-refractivity contribution < 1.29 is 4.79 Å². The third-order valence-electron chi connectivity index (χ3n) is 3.14. The molecule has 0 aliphatic carbocycles. The van der Waals surface area contributed by atoms with E-state index in [0.29, 0.717) is 10.9 Å². The highest BCUT2D eigenvalue weighted by Gasteiger charge is 2.12. The number of carbonyl (C=O) groups is 1. The van der Waals surface area contributed by atoms with E-state index in [1.54, 1.807) is 6.20 Å². The van der Waals surface area contributed by atoms with E-state index in [2.05, 4.69) is 26.8 Å². The molecule has 0 saturated carbocycles. The van der Waals surface area contributed by atoms with Crippen molar-refractivity contribution in [1.82, 2.24) is 14.5 Å². The molecular weight excluding hydrogens is 316 g/mol. The Morgan fingerprint density at radius 1 is 1.41 bits per heavy atom. The molecule has 1 aromatic carbocycles. The van der Waals surface area contributed by atoms with Gasteiger partial charge in [0.1, 0.15) is 0 Å². The van der Waals surface area contributed by atoms with Crippen molar-refractivity contribution in [2.75, 3.05) is 11.1 Å². The van der Waals surface area contributed by atoms with Crippen molar-refractivity contribution in [3.8, 4) is 0 Å². The molecule has 5 nitrogen and oxygen atoms in total. The molecule has 0 saturated heterocycles. The largest absolute Gasteiger partial charge is 0.319 e. The Balaban J connectivity index is 1.69. The summed E-state index contributed by atoms with van der Waals surface area (Å²) in [6.45, 7) is 4.87. The number of thioether (sulfide) groups is 1. The van der Waals surface area contributed by atoms with E-state index in [9.17, 15) is 4.79 Å². The average Bonchev–Trinajstić information content (AvgIpc) is 3.07. The molecule has 0 unspecified atom stereocenters. The van der Waals surface area contributed by atoms with E-state index >= 15 is 0 Å². The van der Waals surface area contributed by atoms with Crippen LogP contribution in [-0.4, -0.2) is 26.2 Å². The van der Waals surface area contributed by atoms with Crippen LogP contribution in [0.5, 0.6) is 0 Å². The first-order valence-electron chi connectivity index (χ1n) is 6.97. The maximum atomic E-state index is 12.0. The normalized spacial score (nSPS) is 11.0. The summed E-state index contributed by atoms with van der Waals surface area (Å²) in [5.41, 5.74) is 2.06. The van der Waals surface area contributed by atoms with E-state index in [1.807, 2.05) is 31.2 Å². The van der Waals surface area contributed by atoms with Crippen LogP contribution in [0.25, 0.3) is 11.0 Å². The number of anilines is 1. The monoisotopic (exact) mass is 332 g/mol. The maximum Gasteiger partial charge on any atom is 0.236 e. The molecular formula is C15H16N4OS2. The molecule has 0 aliphatic heterocycles. The molecule has 1 N–H and O–H groups in total. The summed E-state index contributed by atoms with van der Waals surface area (Å²) in [7, 11) is 0. The lowest BCUT2D eigenvalue weighted by molar-refractivity contribution is -0.113. The van der Waals surface area contributed by atoms with Gasteiger partial charge in [0.2, 0.25) is 5.91 Å². The van der Waals surface area contributed by atoms with E-state index in [4.69, 9.17) is 0 Å². The third kappa shape index (κ3) is 3.15. The smallest absolute Gasteiger partial charge is 0.236 e. The Kier molecular flexibility index (Phi) is 4.44. The number of para-hydroxylation sites is 2. The number of hydrogen-bond acceptors (Lipinski definition) is 5. The quantitative estimate of drug-likeness (QED) is 0.726. The van der Waals surface area contributed by atoms with Gasteiger partial charge in [0.05, 0.1) is 16.8 Å². The molecule has 7 heteroatoms. The number of aryl methyl sites for hydroxylation is 2. The molecule has 0 spiro atoms. The highest BCUT2D eigenvalue weighted by molar-refractivity contribution is 7.99. The van der Waals surface area contributed by atoms with Crippen molar-refractivity contribution in [2.24, 2.45) is 0 Å². The summed E-state index contributed by atoms with van der Waals surface area (Å²) < 4.78 is 2.13. The van der Waals surface area contributed by atoms with Crippen LogP contribution in [0.2, 0.25) is 0 Å². The second-order valence-electron chi connectivity index (χ2n) is 4.74. The molecule has 3 rings (SSSR count). The molecule has 22 heavy (non-hydrogen) atoms. The second-order valence-corrected chi connectivity index (χ2v) is 6.92. The number of nitrogens with zero attached hydrogens (tertiary/aromatic N) is 3. The number of nitrogens with one attached hydrogen (secondary N) is 1. The number of amides is 1. The summed E-state index contributed by atoms with van der Waals surface area (Å²) in [4.78, 5) is 21.8. The molecule has 3 aromatic rings. The third-order valence-corrected chi connectivity index (χ3v) is 4.94. The van der Waals surface area contributed by atoms with Crippen molar-refractivity contribution in [2.45, 2.75) is 25.5 Å². The summed E-state index contributed by atoms with van der Waals surface area (Å²) in [6.07, 6.45) is 1.75. The zero-order chi connectivity index (χ0) is 15.5. The number of aromatic nitrogens is 3. The summed E-state index contributed by atoms with van der Waals surface area (Å²) in [5, 5.41) is 4.33. The van der Waals surface area contributed by atoms with Gasteiger partial charge in [-0.1, -0.05) is 23.9 Å². The Labute approximate surface area is 136 Å². The van der Waals surface area contributed by atoms with Gasteiger partial charge in [-0.05, 0) is 26.0 Å². The van der Waals surface area contributed by atoms with E-state index in [1.165, 1.54) is 23.1 Å². The average molecular weight is 332 g/mol. The van der Waals surface area contributed by atoms with Gasteiger partial charge in [0, 0.05) is 17.6 Å². The molecule has 114 valence electrons. The summed E-state index contributed by atoms with van der Waals surface area (Å²) in [6, 6.07) is 8.02. The summed E-state index contributed by atoms with van der Waals surface area (Å²) >= 11 is 2.92. The fraction of sp³-hybridized carbons (Fsp3) is 0.267. The predicted molar refractivity (Wildman–Crippen MR) is 91.6 cm³/mol. The van der Waals surface area contributed by atoms with Gasteiger partial charge >= 0.3 is 0 Å². The summed E-state index contributed by atoms with van der Waals surface area (Å²) in [5.74, 6) is 0.260. The van der Waals surface area contributed by atoms with Crippen LogP contribution in [0.1, 0.15) is 11.8 Å². The number of fused-ring (bicyclic) bond motifs is 1. The number of imidazole rings is 1. The van der Waals surface area contributed by atoms with Gasteiger partial charge in [-0.2, -0.15) is 0 Å². The number of thiazole rings is 1. The van der Waals surface area contributed by atoms with E-state index in [0.717, 1.165) is 27.6 Å². The van der Waals surface area contributed by atoms with Crippen LogP contribution in [0.15, 0.2) is 35.6 Å². The minimum Gasteiger partial charge on any atom is -0.319 e. The molecule has 1 amide bonds. The standard InChI is InChI=1S/C15H16N4OS2/c1-3-19-12-7-5-4-6-11(12)17-15(19)21-9-13(20)18-14-16-8-10(2)22-14/h4-8H,3,9H2,1-2H3,(H,16,18,20). The Morgan fingerprint density at radius 2 is 2.23 bits per heavy atom. The molecule has 2 heterocycles.